The standard InChI is InChI=1S/C59H79FN10O8/c1-11-50(71)68-34-59(78-36-68)17-20-67(21-18-59)57(75)65(9)52(37(3)4)54(72)62-48-28-39-26-41(29-42(60)27-39)40-15-16-49-44(30-40)46(32-58(6,7)35-77-56(74)47-14-13-19-70(63-47)55(48)73)53(69(49)12-2)45-31-43(33-61-51(45)38(5)76-10)66-24-22-64(8)23-25-66/h11,15-16,26-27,29-31,33,37-38,47-48,52,63H,1,12-14,17-25,28,32,34-36H2,2-10H3,(H,62,72)/t38-,47-,48-,52-/m0/s1. The van der Waals surface area contributed by atoms with Crippen molar-refractivity contribution in [3.05, 3.63) is 84.0 Å². The van der Waals surface area contributed by atoms with Crippen molar-refractivity contribution in [2.75, 3.05) is 91.8 Å². The molecule has 2 aromatic heterocycles. The molecule has 0 unspecified atom stereocenters. The highest BCUT2D eigenvalue weighted by Gasteiger charge is 2.45. The highest BCUT2D eigenvalue weighted by atomic mass is 19.1. The molecular weight excluding hydrogens is 996 g/mol. The predicted molar refractivity (Wildman–Crippen MR) is 297 cm³/mol. The first kappa shape index (κ1) is 56.3. The monoisotopic (exact) mass is 1070 g/mol. The third-order valence-corrected chi connectivity index (χ3v) is 16.6. The lowest BCUT2D eigenvalue weighted by Crippen LogP contribution is -2.62. The van der Waals surface area contributed by atoms with E-state index in [-0.39, 0.29) is 50.3 Å². The number of likely N-dealkylation sites (tertiary alicyclic amines) is 1. The van der Waals surface area contributed by atoms with Crippen LogP contribution >= 0.6 is 0 Å². The van der Waals surface area contributed by atoms with E-state index in [0.29, 0.717) is 69.4 Å². The summed E-state index contributed by atoms with van der Waals surface area (Å²) in [7, 11) is 5.42. The van der Waals surface area contributed by atoms with Crippen molar-refractivity contribution in [1.29, 1.82) is 0 Å². The van der Waals surface area contributed by atoms with Gasteiger partial charge in [-0.3, -0.25) is 29.2 Å². The van der Waals surface area contributed by atoms with Crippen LogP contribution in [0.15, 0.2) is 61.3 Å². The molecule has 5 amide bonds. The molecule has 0 radical (unpaired) electrons. The van der Waals surface area contributed by atoms with Gasteiger partial charge in [-0.15, -0.1) is 0 Å². The van der Waals surface area contributed by atoms with E-state index >= 15 is 4.39 Å². The van der Waals surface area contributed by atoms with Gasteiger partial charge in [0.25, 0.3) is 5.91 Å². The number of amides is 5. The summed E-state index contributed by atoms with van der Waals surface area (Å²) < 4.78 is 36.9. The van der Waals surface area contributed by atoms with Crippen LogP contribution < -0.4 is 15.6 Å². The lowest BCUT2D eigenvalue weighted by atomic mass is 9.84. The van der Waals surface area contributed by atoms with E-state index in [1.807, 2.05) is 39.1 Å². The Kier molecular flexibility index (Phi) is 16.7. The first-order chi connectivity index (χ1) is 37.2. The number of fused-ring (bicyclic) bond motifs is 6. The third kappa shape index (κ3) is 11.7. The van der Waals surface area contributed by atoms with Crippen LogP contribution in [-0.2, 0) is 52.8 Å². The molecule has 7 heterocycles. The molecular formula is C59H79FN10O8. The maximum absolute atomic E-state index is 16.3. The number of hydrogen-bond acceptors (Lipinski definition) is 12. The molecule has 6 bridgehead atoms. The summed E-state index contributed by atoms with van der Waals surface area (Å²) in [5.74, 6) is -2.67. The summed E-state index contributed by atoms with van der Waals surface area (Å²) >= 11 is 0. The molecule has 4 saturated heterocycles. The number of ether oxygens (including phenoxy) is 3. The van der Waals surface area contributed by atoms with E-state index in [4.69, 9.17) is 19.2 Å². The first-order valence-corrected chi connectivity index (χ1v) is 27.8. The summed E-state index contributed by atoms with van der Waals surface area (Å²) in [4.78, 5) is 85.0. The molecule has 4 aromatic rings. The third-order valence-electron chi connectivity index (χ3n) is 16.6. The molecule has 4 atom stereocenters. The Hall–Kier alpha value is -6.41. The fourth-order valence-electron chi connectivity index (χ4n) is 12.2. The number of benzene rings is 2. The molecule has 0 saturated carbocycles. The topological polar surface area (TPSA) is 174 Å². The first-order valence-electron chi connectivity index (χ1n) is 27.8. The number of likely N-dealkylation sites (N-methyl/N-ethyl adjacent to an activating group) is 2. The van der Waals surface area contributed by atoms with Crippen LogP contribution in [-0.4, -0.2) is 175 Å². The van der Waals surface area contributed by atoms with Gasteiger partial charge in [-0.05, 0) is 118 Å². The number of aryl methyl sites for hydroxylation is 1. The molecule has 2 aromatic carbocycles. The highest BCUT2D eigenvalue weighted by Crippen LogP contribution is 2.43. The van der Waals surface area contributed by atoms with E-state index in [9.17, 15) is 24.0 Å². The second-order valence-electron chi connectivity index (χ2n) is 23.2. The highest BCUT2D eigenvalue weighted by molar-refractivity contribution is 5.96. The van der Waals surface area contributed by atoms with Gasteiger partial charge >= 0.3 is 12.0 Å². The minimum atomic E-state index is -1.23. The van der Waals surface area contributed by atoms with E-state index < -0.39 is 52.7 Å². The number of nitrogens with one attached hydrogen (secondary N) is 2. The zero-order valence-corrected chi connectivity index (χ0v) is 47.0. The van der Waals surface area contributed by atoms with Crippen molar-refractivity contribution >= 4 is 46.3 Å². The van der Waals surface area contributed by atoms with Gasteiger partial charge in [-0.2, -0.15) is 0 Å². The number of nitrogens with zero attached hydrogens (tertiary/aromatic N) is 8. The molecule has 420 valence electrons. The van der Waals surface area contributed by atoms with Crippen molar-refractivity contribution in [1.82, 2.24) is 44.9 Å². The van der Waals surface area contributed by atoms with E-state index in [1.165, 1.54) is 28.1 Å². The lowest BCUT2D eigenvalue weighted by molar-refractivity contribution is -0.155. The SMILES string of the molecule is C=CC(=O)N1COC2(CCN(C(=O)N(C)[C@H](C(=O)N[C@H]3Cc4cc(F)cc(c4)-c4ccc5c(c4)c(c(-c4cc(N6CCN(C)CC6)cnc4[C@H](C)OC)n5CC)CC(C)(C)COC(=O)[C@@H]4CCCN(N4)C3=O)C(C)C)CC2)C1. The summed E-state index contributed by atoms with van der Waals surface area (Å²) in [6, 6.07) is 9.72. The van der Waals surface area contributed by atoms with E-state index in [0.717, 1.165) is 70.8 Å². The van der Waals surface area contributed by atoms with E-state index in [2.05, 4.69) is 77.7 Å². The fourth-order valence-corrected chi connectivity index (χ4v) is 12.2. The van der Waals surface area contributed by atoms with Crippen molar-refractivity contribution < 1.29 is 42.6 Å². The second-order valence-corrected chi connectivity index (χ2v) is 23.2. The number of carbonyl (C=O) groups is 5. The minimum Gasteiger partial charge on any atom is -0.464 e. The lowest BCUT2D eigenvalue weighted by Gasteiger charge is -2.41. The molecule has 0 aliphatic carbocycles. The van der Waals surface area contributed by atoms with Crippen LogP contribution in [0, 0.1) is 17.2 Å². The number of rotatable bonds is 10. The van der Waals surface area contributed by atoms with Crippen molar-refractivity contribution in [3.63, 3.8) is 0 Å². The quantitative estimate of drug-likeness (QED) is 0.130. The number of hydrazine groups is 1. The molecule has 18 nitrogen and oxygen atoms in total. The zero-order valence-electron chi connectivity index (χ0n) is 47.0. The number of esters is 1. The average Bonchev–Trinajstić information content (AvgIpc) is 4.07. The van der Waals surface area contributed by atoms with Gasteiger partial charge in [-0.1, -0.05) is 46.4 Å². The van der Waals surface area contributed by atoms with Gasteiger partial charge in [0.1, 0.15) is 30.7 Å². The van der Waals surface area contributed by atoms with Crippen LogP contribution in [0.25, 0.3) is 33.3 Å². The number of pyridine rings is 1. The molecule has 4 fully saturated rings. The summed E-state index contributed by atoms with van der Waals surface area (Å²) in [6.45, 7) is 21.4. The van der Waals surface area contributed by atoms with Crippen LogP contribution in [0.3, 0.4) is 0 Å². The Morgan fingerprint density at radius 1 is 1.00 bits per heavy atom. The predicted octanol–water partition coefficient (Wildman–Crippen LogP) is 6.55. The smallest absolute Gasteiger partial charge is 0.324 e. The summed E-state index contributed by atoms with van der Waals surface area (Å²) in [6.07, 6.45) is 5.20. The van der Waals surface area contributed by atoms with Gasteiger partial charge in [0.15, 0.2) is 0 Å². The van der Waals surface area contributed by atoms with Crippen LogP contribution in [0.4, 0.5) is 14.9 Å². The van der Waals surface area contributed by atoms with Gasteiger partial charge in [-0.25, -0.2) is 14.6 Å². The van der Waals surface area contributed by atoms with Crippen LogP contribution in [0.1, 0.15) is 90.2 Å². The number of methoxy groups -OCH3 is 1. The molecule has 9 rings (SSSR count). The van der Waals surface area contributed by atoms with Crippen molar-refractivity contribution in [2.45, 2.75) is 116 Å². The number of piperidine rings is 1. The van der Waals surface area contributed by atoms with E-state index in [1.54, 1.807) is 24.0 Å². The number of aromatic nitrogens is 2. The molecule has 5 aliphatic rings. The number of anilines is 1. The largest absolute Gasteiger partial charge is 0.464 e. The number of hydrogen-bond donors (Lipinski definition) is 2. The van der Waals surface area contributed by atoms with Gasteiger partial charge in [0, 0.05) is 94.8 Å². The van der Waals surface area contributed by atoms with Crippen molar-refractivity contribution in [3.8, 4) is 22.4 Å². The normalized spacial score (nSPS) is 21.8. The molecule has 2 N–H and O–H groups in total. The number of urea groups is 1. The maximum atomic E-state index is 16.3. The Morgan fingerprint density at radius 2 is 1.74 bits per heavy atom. The van der Waals surface area contributed by atoms with Gasteiger partial charge < -0.3 is 48.6 Å². The average molecular weight is 1080 g/mol. The molecule has 1 spiro atoms. The molecule has 19 heteroatoms. The van der Waals surface area contributed by atoms with Crippen LogP contribution in [0.5, 0.6) is 0 Å². The Balaban J connectivity index is 1.08. The summed E-state index contributed by atoms with van der Waals surface area (Å²) in [5, 5.41) is 5.34. The Morgan fingerprint density at radius 3 is 2.44 bits per heavy atom. The van der Waals surface area contributed by atoms with Crippen molar-refractivity contribution in [2.24, 2.45) is 11.3 Å². The number of halogens is 1. The minimum absolute atomic E-state index is 0.0764. The number of carbonyl (C=O) groups excluding carboxylic acids is 5. The fraction of sp³-hybridized carbons (Fsp3) is 0.559. The van der Waals surface area contributed by atoms with Gasteiger partial charge in [0.05, 0.1) is 48.1 Å². The number of cyclic esters (lactones) is 1. The zero-order chi connectivity index (χ0) is 55.8. The second kappa shape index (κ2) is 23.1. The summed E-state index contributed by atoms with van der Waals surface area (Å²) in [5.41, 5.74) is 9.57. The molecule has 78 heavy (non-hydrogen) atoms. The maximum Gasteiger partial charge on any atom is 0.324 e. The van der Waals surface area contributed by atoms with Crippen LogP contribution in [0.2, 0.25) is 0 Å². The Bertz CT molecular complexity index is 2930. The molecule has 5 aliphatic heterocycles. The number of piperazine rings is 1. The van der Waals surface area contributed by atoms with Gasteiger partial charge in [0.2, 0.25) is 11.8 Å². The Labute approximate surface area is 458 Å².